The Balaban J connectivity index is 1.51. The van der Waals surface area contributed by atoms with Crippen molar-refractivity contribution in [3.05, 3.63) is 102 Å². The van der Waals surface area contributed by atoms with Crippen LogP contribution in [0.2, 0.25) is 0 Å². The third-order valence-electron chi connectivity index (χ3n) is 4.90. The maximum absolute atomic E-state index is 13.7. The lowest BCUT2D eigenvalue weighted by atomic mass is 10.0. The number of nitrogens with zero attached hydrogens (tertiary/aromatic N) is 3. The van der Waals surface area contributed by atoms with Crippen molar-refractivity contribution in [2.45, 2.75) is 17.0 Å². The summed E-state index contributed by atoms with van der Waals surface area (Å²) < 4.78 is 7.34. The van der Waals surface area contributed by atoms with E-state index in [0.29, 0.717) is 17.3 Å². The van der Waals surface area contributed by atoms with E-state index in [1.165, 1.54) is 11.8 Å². The van der Waals surface area contributed by atoms with Gasteiger partial charge < -0.3 is 14.0 Å². The number of nitrogens with one attached hydrogen (secondary N) is 1. The first-order valence-electron chi connectivity index (χ1n) is 9.52. The van der Waals surface area contributed by atoms with Crippen molar-refractivity contribution in [2.24, 2.45) is 0 Å². The van der Waals surface area contributed by atoms with Crippen LogP contribution in [0.15, 0.2) is 95.1 Å². The Bertz CT molecular complexity index is 1280. The summed E-state index contributed by atoms with van der Waals surface area (Å²) >= 11 is 1.40. The molecule has 3 aromatic heterocycles. The monoisotopic (exact) mass is 414 g/mol. The molecule has 0 spiro atoms. The van der Waals surface area contributed by atoms with Gasteiger partial charge in [0.1, 0.15) is 17.3 Å². The van der Waals surface area contributed by atoms with Gasteiger partial charge in [0.15, 0.2) is 10.9 Å². The van der Waals surface area contributed by atoms with Crippen LogP contribution in [0.5, 0.6) is 0 Å². The van der Waals surface area contributed by atoms with Crippen LogP contribution in [0, 0.1) is 0 Å². The van der Waals surface area contributed by atoms with E-state index < -0.39 is 5.25 Å². The molecule has 0 bridgehead atoms. The minimum atomic E-state index is -0.454. The molecule has 6 nitrogen and oxygen atoms in total. The van der Waals surface area contributed by atoms with Crippen LogP contribution in [0.4, 0.5) is 0 Å². The van der Waals surface area contributed by atoms with Crippen molar-refractivity contribution < 1.29 is 9.21 Å². The first kappa shape index (κ1) is 18.4. The lowest BCUT2D eigenvalue weighted by Crippen LogP contribution is -2.11. The summed E-state index contributed by atoms with van der Waals surface area (Å²) in [7, 11) is 0. The molecule has 5 rings (SSSR count). The van der Waals surface area contributed by atoms with Gasteiger partial charge in [0.2, 0.25) is 0 Å². The van der Waals surface area contributed by atoms with Gasteiger partial charge in [-0.3, -0.25) is 4.79 Å². The molecule has 0 aliphatic carbocycles. The maximum Gasteiger partial charge on any atom is 0.192 e. The topological polar surface area (TPSA) is 76.7 Å². The highest BCUT2D eigenvalue weighted by atomic mass is 32.2. The predicted octanol–water partition coefficient (Wildman–Crippen LogP) is 5.12. The first-order chi connectivity index (χ1) is 14.8. The molecular weight excluding hydrogens is 396 g/mol. The summed E-state index contributed by atoms with van der Waals surface area (Å²) in [5, 5.41) is 9.44. The van der Waals surface area contributed by atoms with E-state index in [0.717, 1.165) is 22.2 Å². The molecule has 5 aromatic rings. The molecule has 0 amide bonds. The zero-order chi connectivity index (χ0) is 20.3. The summed E-state index contributed by atoms with van der Waals surface area (Å²) in [4.78, 5) is 16.9. The fourth-order valence-corrected chi connectivity index (χ4v) is 4.52. The van der Waals surface area contributed by atoms with E-state index in [-0.39, 0.29) is 5.78 Å². The molecule has 1 N–H and O–H groups in total. The smallest absolute Gasteiger partial charge is 0.192 e. The number of rotatable bonds is 7. The highest BCUT2D eigenvalue weighted by Gasteiger charge is 2.27. The number of fused-ring (bicyclic) bond motifs is 1. The Labute approximate surface area is 176 Å². The van der Waals surface area contributed by atoms with Gasteiger partial charge in [-0.05, 0) is 23.8 Å². The number of aromatic nitrogens is 4. The quantitative estimate of drug-likeness (QED) is 0.296. The minimum Gasteiger partial charge on any atom is -0.467 e. The molecular formula is C23H18N4O2S. The van der Waals surface area contributed by atoms with E-state index in [9.17, 15) is 4.79 Å². The van der Waals surface area contributed by atoms with Gasteiger partial charge in [-0.25, -0.2) is 0 Å². The standard InChI is InChI=1S/C23H18N4O2S/c28-21(19-13-24-20-11-5-4-10-18(19)20)22(16-7-2-1-3-8-16)30-23-26-25-15-27(23)14-17-9-6-12-29-17/h1-13,15,22,24H,14H2. The first-order valence-corrected chi connectivity index (χ1v) is 10.4. The van der Waals surface area contributed by atoms with Crippen molar-refractivity contribution in [3.8, 4) is 0 Å². The summed E-state index contributed by atoms with van der Waals surface area (Å²) in [5.74, 6) is 0.826. The number of H-pyrrole nitrogens is 1. The Morgan fingerprint density at radius 2 is 1.90 bits per heavy atom. The second-order valence-corrected chi connectivity index (χ2v) is 7.91. The SMILES string of the molecule is O=C(c1c[nH]c2ccccc12)C(Sc1nncn1Cc1ccco1)c1ccccc1. The average molecular weight is 414 g/mol. The van der Waals surface area contributed by atoms with Gasteiger partial charge >= 0.3 is 0 Å². The van der Waals surface area contributed by atoms with Crippen LogP contribution in [0.1, 0.15) is 26.9 Å². The van der Waals surface area contributed by atoms with E-state index in [2.05, 4.69) is 15.2 Å². The number of ketones is 1. The number of thioether (sulfide) groups is 1. The number of carbonyl (C=O) groups is 1. The molecule has 3 heterocycles. The number of aromatic amines is 1. The van der Waals surface area contributed by atoms with E-state index in [4.69, 9.17) is 4.42 Å². The summed E-state index contributed by atoms with van der Waals surface area (Å²) in [6.07, 6.45) is 5.08. The Hall–Kier alpha value is -3.58. The third kappa shape index (κ3) is 3.55. The molecule has 30 heavy (non-hydrogen) atoms. The summed E-state index contributed by atoms with van der Waals surface area (Å²) in [5.41, 5.74) is 2.54. The lowest BCUT2D eigenvalue weighted by Gasteiger charge is -2.15. The maximum atomic E-state index is 13.7. The van der Waals surface area contributed by atoms with Crippen LogP contribution in [-0.4, -0.2) is 25.5 Å². The molecule has 0 aliphatic rings. The molecule has 0 fully saturated rings. The number of furan rings is 1. The van der Waals surface area contributed by atoms with Gasteiger partial charge in [0.25, 0.3) is 0 Å². The van der Waals surface area contributed by atoms with Gasteiger partial charge in [-0.2, -0.15) is 0 Å². The highest BCUT2D eigenvalue weighted by molar-refractivity contribution is 8.00. The Morgan fingerprint density at radius 3 is 2.73 bits per heavy atom. The van der Waals surface area contributed by atoms with Crippen LogP contribution in [0.3, 0.4) is 0 Å². The van der Waals surface area contributed by atoms with Crippen molar-refractivity contribution in [3.63, 3.8) is 0 Å². The van der Waals surface area contributed by atoms with Crippen molar-refractivity contribution in [2.75, 3.05) is 0 Å². The molecule has 1 atom stereocenters. The Kier molecular flexibility index (Phi) is 4.94. The molecule has 0 radical (unpaired) electrons. The van der Waals surface area contributed by atoms with Crippen LogP contribution in [-0.2, 0) is 6.54 Å². The highest BCUT2D eigenvalue weighted by Crippen LogP contribution is 2.38. The molecule has 7 heteroatoms. The van der Waals surface area contributed by atoms with Crippen molar-refractivity contribution in [1.29, 1.82) is 0 Å². The van der Waals surface area contributed by atoms with E-state index in [1.54, 1.807) is 18.8 Å². The summed E-state index contributed by atoms with van der Waals surface area (Å²) in [6, 6.07) is 21.3. The zero-order valence-corrected chi connectivity index (χ0v) is 16.8. The number of para-hydroxylation sites is 1. The number of Topliss-reactive ketones (excluding diaryl/α,β-unsaturated/α-hetero) is 1. The molecule has 1 unspecified atom stereocenters. The molecule has 2 aromatic carbocycles. The van der Waals surface area contributed by atoms with Gasteiger partial charge in [-0.1, -0.05) is 60.3 Å². The lowest BCUT2D eigenvalue weighted by molar-refractivity contribution is 0.0991. The number of hydrogen-bond donors (Lipinski definition) is 1. The van der Waals surface area contributed by atoms with Crippen molar-refractivity contribution in [1.82, 2.24) is 19.7 Å². The average Bonchev–Trinajstić information content (AvgIpc) is 3.54. The second kappa shape index (κ2) is 8.04. The predicted molar refractivity (Wildman–Crippen MR) is 116 cm³/mol. The van der Waals surface area contributed by atoms with E-state index >= 15 is 0 Å². The number of benzene rings is 2. The van der Waals surface area contributed by atoms with Crippen LogP contribution < -0.4 is 0 Å². The zero-order valence-electron chi connectivity index (χ0n) is 15.9. The normalized spacial score (nSPS) is 12.3. The van der Waals surface area contributed by atoms with Crippen LogP contribution >= 0.6 is 11.8 Å². The fraction of sp³-hybridized carbons (Fsp3) is 0.0870. The van der Waals surface area contributed by atoms with E-state index in [1.807, 2.05) is 71.3 Å². The molecule has 0 saturated carbocycles. The fourth-order valence-electron chi connectivity index (χ4n) is 3.44. The largest absolute Gasteiger partial charge is 0.467 e. The Morgan fingerprint density at radius 1 is 1.07 bits per heavy atom. The van der Waals surface area contributed by atoms with Crippen molar-refractivity contribution >= 4 is 28.4 Å². The summed E-state index contributed by atoms with van der Waals surface area (Å²) in [6.45, 7) is 0.505. The third-order valence-corrected chi connectivity index (χ3v) is 6.15. The van der Waals surface area contributed by atoms with Gasteiger partial charge in [0, 0.05) is 22.7 Å². The van der Waals surface area contributed by atoms with Gasteiger partial charge in [-0.15, -0.1) is 10.2 Å². The molecule has 0 aliphatic heterocycles. The number of hydrogen-bond acceptors (Lipinski definition) is 5. The second-order valence-electron chi connectivity index (χ2n) is 6.84. The minimum absolute atomic E-state index is 0.0243. The molecule has 0 saturated heterocycles. The van der Waals surface area contributed by atoms with Gasteiger partial charge in [0.05, 0.1) is 12.8 Å². The van der Waals surface area contributed by atoms with Crippen LogP contribution in [0.25, 0.3) is 10.9 Å². The molecule has 148 valence electrons. The number of carbonyl (C=O) groups excluding carboxylic acids is 1.